The van der Waals surface area contributed by atoms with Gasteiger partial charge in [0.25, 0.3) is 0 Å². The van der Waals surface area contributed by atoms with Gasteiger partial charge in [0, 0.05) is 23.3 Å². The molecule has 0 spiro atoms. The van der Waals surface area contributed by atoms with Gasteiger partial charge >= 0.3 is 18.1 Å². The Morgan fingerprint density at radius 3 is 2.22 bits per heavy atom. The van der Waals surface area contributed by atoms with Crippen molar-refractivity contribution in [2.75, 3.05) is 19.2 Å². The van der Waals surface area contributed by atoms with E-state index in [1.54, 1.807) is 42.7 Å². The lowest BCUT2D eigenvalue weighted by Crippen LogP contribution is -2.46. The number of alkyl halides is 3. The second-order valence-electron chi connectivity index (χ2n) is 9.31. The number of hydrogen-bond acceptors (Lipinski definition) is 8. The molecule has 5 N–H and O–H groups in total. The monoisotopic (exact) mass is 632 g/mol. The fraction of sp³-hybridized carbons (Fsp3) is 0.200. The molecule has 1 heterocycles. The van der Waals surface area contributed by atoms with E-state index >= 15 is 0 Å². The number of carbonyl (C=O) groups is 3. The van der Waals surface area contributed by atoms with E-state index in [4.69, 9.17) is 25.2 Å². The molecule has 0 fully saturated rings. The molecule has 1 unspecified atom stereocenters. The van der Waals surface area contributed by atoms with E-state index in [2.05, 4.69) is 10.3 Å². The van der Waals surface area contributed by atoms with E-state index in [1.807, 2.05) is 18.2 Å². The molecule has 0 aliphatic heterocycles. The predicted molar refractivity (Wildman–Crippen MR) is 154 cm³/mol. The third-order valence-corrected chi connectivity index (χ3v) is 6.39. The Labute approximate surface area is 253 Å². The minimum atomic E-state index is -5.08. The molecule has 0 bridgehead atoms. The van der Waals surface area contributed by atoms with Crippen molar-refractivity contribution in [3.8, 4) is 11.5 Å². The van der Waals surface area contributed by atoms with Gasteiger partial charge in [0.05, 0.1) is 32.4 Å². The number of fused-ring (bicyclic) bond motifs is 1. The zero-order valence-electron chi connectivity index (χ0n) is 23.8. The van der Waals surface area contributed by atoms with Crippen molar-refractivity contribution in [1.82, 2.24) is 10.3 Å². The normalized spacial score (nSPS) is 12.2. The zero-order valence-corrected chi connectivity index (χ0v) is 23.8. The van der Waals surface area contributed by atoms with Gasteiger partial charge in [0.1, 0.15) is 11.9 Å². The first-order valence-electron chi connectivity index (χ1n) is 12.9. The third-order valence-electron chi connectivity index (χ3n) is 6.39. The number of benzene rings is 3. The Hall–Kier alpha value is -5.44. The second kappa shape index (κ2) is 14.8. The molecule has 2 atom stereocenters. The molecule has 0 saturated carbocycles. The number of amides is 1. The number of nitrogens with zero attached hydrogens (tertiary/aromatic N) is 2. The summed E-state index contributed by atoms with van der Waals surface area (Å²) in [5, 5.41) is 22.3. The lowest BCUT2D eigenvalue weighted by Gasteiger charge is -2.31. The molecule has 0 saturated heterocycles. The first-order chi connectivity index (χ1) is 21.3. The number of carboxylic acids is 2. The summed E-state index contributed by atoms with van der Waals surface area (Å²) in [5.74, 6) is 2.17. The molecule has 3 aromatic carbocycles. The van der Waals surface area contributed by atoms with E-state index < -0.39 is 48.3 Å². The van der Waals surface area contributed by atoms with Crippen LogP contribution in [0.4, 0.5) is 23.2 Å². The van der Waals surface area contributed by atoms with Crippen molar-refractivity contribution in [3.05, 3.63) is 96.1 Å². The molecule has 1 amide bonds. The van der Waals surface area contributed by atoms with Crippen LogP contribution in [-0.4, -0.2) is 53.4 Å². The molecule has 11 nitrogen and oxygen atoms in total. The Balaban J connectivity index is 0.000000707. The summed E-state index contributed by atoms with van der Waals surface area (Å²) in [7, 11) is 2.96. The molecule has 0 aliphatic carbocycles. The molecule has 0 aliphatic rings. The number of anilines is 1. The van der Waals surface area contributed by atoms with Gasteiger partial charge < -0.3 is 25.0 Å². The van der Waals surface area contributed by atoms with Gasteiger partial charge in [-0.3, -0.25) is 19.6 Å². The topological polar surface area (TPSA) is 164 Å². The van der Waals surface area contributed by atoms with Crippen LogP contribution in [0, 0.1) is 5.82 Å². The van der Waals surface area contributed by atoms with Crippen molar-refractivity contribution >= 4 is 34.3 Å². The summed E-state index contributed by atoms with van der Waals surface area (Å²) in [6.45, 7) is 0. The number of carbonyl (C=O) groups excluding carboxylic acids is 1. The van der Waals surface area contributed by atoms with Gasteiger partial charge in [-0.25, -0.2) is 15.0 Å². The van der Waals surface area contributed by atoms with Crippen LogP contribution in [0.1, 0.15) is 29.6 Å². The highest BCUT2D eigenvalue weighted by Crippen LogP contribution is 2.34. The summed E-state index contributed by atoms with van der Waals surface area (Å²) in [6, 6.07) is 15.5. The fourth-order valence-electron chi connectivity index (χ4n) is 4.26. The van der Waals surface area contributed by atoms with Crippen LogP contribution in [0.25, 0.3) is 10.8 Å². The average Bonchev–Trinajstić information content (AvgIpc) is 3.00. The van der Waals surface area contributed by atoms with Crippen molar-refractivity contribution in [2.24, 2.45) is 5.84 Å². The maximum atomic E-state index is 14.6. The minimum Gasteiger partial charge on any atom is -0.493 e. The summed E-state index contributed by atoms with van der Waals surface area (Å²) in [5.41, 5.74) is 1.01. The number of rotatable bonds is 10. The van der Waals surface area contributed by atoms with E-state index in [1.165, 1.54) is 37.4 Å². The Morgan fingerprint density at radius 1 is 0.956 bits per heavy atom. The van der Waals surface area contributed by atoms with E-state index in [-0.39, 0.29) is 5.56 Å². The lowest BCUT2D eigenvalue weighted by molar-refractivity contribution is -0.192. The summed E-state index contributed by atoms with van der Waals surface area (Å²) >= 11 is 0. The maximum absolute atomic E-state index is 14.6. The number of aliphatic carboxylic acids is 2. The highest BCUT2D eigenvalue weighted by atomic mass is 19.4. The highest BCUT2D eigenvalue weighted by molar-refractivity contribution is 5.90. The average molecular weight is 633 g/mol. The Kier molecular flexibility index (Phi) is 11.2. The minimum absolute atomic E-state index is 0.0519. The molecule has 4 rings (SSSR count). The number of pyridine rings is 1. The van der Waals surface area contributed by atoms with E-state index in [9.17, 15) is 32.3 Å². The van der Waals surface area contributed by atoms with E-state index in [0.717, 1.165) is 10.8 Å². The first-order valence-corrected chi connectivity index (χ1v) is 12.9. The molecule has 4 aromatic rings. The van der Waals surface area contributed by atoms with Gasteiger partial charge in [-0.15, -0.1) is 0 Å². The van der Waals surface area contributed by atoms with Gasteiger partial charge in [-0.05, 0) is 47.3 Å². The van der Waals surface area contributed by atoms with Crippen LogP contribution < -0.4 is 25.6 Å². The summed E-state index contributed by atoms with van der Waals surface area (Å²) in [4.78, 5) is 38.4. The number of aromatic nitrogens is 1. The van der Waals surface area contributed by atoms with Crippen molar-refractivity contribution in [1.29, 1.82) is 0 Å². The number of ether oxygens (including phenoxy) is 2. The van der Waals surface area contributed by atoms with Crippen LogP contribution in [0.2, 0.25) is 0 Å². The smallest absolute Gasteiger partial charge is 0.490 e. The molecule has 45 heavy (non-hydrogen) atoms. The van der Waals surface area contributed by atoms with Crippen LogP contribution in [-0.2, 0) is 14.4 Å². The number of halogens is 4. The van der Waals surface area contributed by atoms with Crippen LogP contribution in [0.3, 0.4) is 0 Å². The number of nitrogens with two attached hydrogens (primary N) is 1. The second-order valence-corrected chi connectivity index (χ2v) is 9.31. The largest absolute Gasteiger partial charge is 0.493 e. The molecule has 238 valence electrons. The first kappa shape index (κ1) is 34.1. The number of hydrazine groups is 1. The van der Waals surface area contributed by atoms with Gasteiger partial charge in [0.15, 0.2) is 11.5 Å². The fourth-order valence-corrected chi connectivity index (χ4v) is 4.26. The van der Waals surface area contributed by atoms with Crippen molar-refractivity contribution in [2.45, 2.75) is 24.7 Å². The number of methoxy groups -OCH3 is 2. The SMILES string of the molecule is COc1ccc([C@H](C(=O)NC(CC(=O)O)c2ccccc2F)N(N)c2ccc3cnccc3c2)cc1OC.O=C(O)C(F)(F)F. The molecule has 15 heteroatoms. The molecule has 0 radical (unpaired) electrons. The van der Waals surface area contributed by atoms with Crippen LogP contribution >= 0.6 is 0 Å². The Bertz CT molecular complexity index is 1670. The van der Waals surface area contributed by atoms with Crippen molar-refractivity contribution < 1.29 is 51.6 Å². The third kappa shape index (κ3) is 8.79. The number of hydrogen-bond donors (Lipinski definition) is 4. The maximum Gasteiger partial charge on any atom is 0.490 e. The molecule has 1 aromatic heterocycles. The van der Waals surface area contributed by atoms with Gasteiger partial charge in [-0.2, -0.15) is 13.2 Å². The lowest BCUT2D eigenvalue weighted by atomic mass is 10.00. The van der Waals surface area contributed by atoms with Gasteiger partial charge in [0.2, 0.25) is 5.91 Å². The van der Waals surface area contributed by atoms with Crippen LogP contribution in [0.5, 0.6) is 11.5 Å². The summed E-state index contributed by atoms with van der Waals surface area (Å²) < 4.78 is 57.1. The Morgan fingerprint density at radius 2 is 1.62 bits per heavy atom. The number of carboxylic acid groups (broad SMARTS) is 2. The van der Waals surface area contributed by atoms with E-state index in [0.29, 0.717) is 22.7 Å². The molecular weight excluding hydrogens is 604 g/mol. The van der Waals surface area contributed by atoms with Gasteiger partial charge in [-0.1, -0.05) is 30.3 Å². The zero-order chi connectivity index (χ0) is 33.3. The molecular formula is C30H28F4N4O7. The highest BCUT2D eigenvalue weighted by Gasteiger charge is 2.38. The summed E-state index contributed by atoms with van der Waals surface area (Å²) in [6.07, 6.45) is -2.25. The quantitative estimate of drug-likeness (QED) is 0.109. The number of nitrogens with one attached hydrogen (secondary N) is 1. The predicted octanol–water partition coefficient (Wildman–Crippen LogP) is 4.78. The van der Waals surface area contributed by atoms with Crippen LogP contribution in [0.15, 0.2) is 79.1 Å². The van der Waals surface area contributed by atoms with Crippen molar-refractivity contribution in [3.63, 3.8) is 0 Å². The standard InChI is InChI=1S/C28H27FN4O5.C2HF3O2/c1-37-24-10-8-18(14-25(24)38-2)27(33(30)20-9-7-19-16-31-12-11-17(19)13-20)28(36)32-23(15-26(34)35)21-5-3-4-6-22(21)29;3-2(4,5)1(6)7/h3-14,16,23,27H,15,30H2,1-2H3,(H,32,36)(H,34,35);(H,6,7)/t23?,27-;/m1./s1.